The molecule has 8 aromatic carbocycles. The highest BCUT2D eigenvalue weighted by Gasteiger charge is 2.36. The standard InChI is InChI=1S/C53H39N/c1-53(2)48-32-39(38-15-9-18-42(31-38)54(41-16-4-3-5-17-41)50-20-10-12-34-11-6-7-19-44(34)50)25-28-45(48)46-29-26-40(33-49(46)53)43-27-23-37-22-21-35-13-8-14-36-24-30-47(43)52(37)51(35)36/h3-13,15-33,36H,14H2,1-2H3. The van der Waals surface area contributed by atoms with Crippen molar-refractivity contribution < 1.29 is 0 Å². The molecule has 1 heteroatoms. The molecule has 0 radical (unpaired) electrons. The topological polar surface area (TPSA) is 3.24 Å². The van der Waals surface area contributed by atoms with Gasteiger partial charge in [0.1, 0.15) is 0 Å². The van der Waals surface area contributed by atoms with Crippen molar-refractivity contribution >= 4 is 50.8 Å². The third kappa shape index (κ3) is 4.64. The lowest BCUT2D eigenvalue weighted by atomic mass is 9.76. The van der Waals surface area contributed by atoms with Crippen LogP contribution in [0.3, 0.4) is 0 Å². The molecular weight excluding hydrogens is 651 g/mol. The highest BCUT2D eigenvalue weighted by atomic mass is 15.1. The molecule has 1 atom stereocenters. The lowest BCUT2D eigenvalue weighted by Gasteiger charge is -2.27. The molecule has 54 heavy (non-hydrogen) atoms. The largest absolute Gasteiger partial charge is 0.310 e. The first kappa shape index (κ1) is 31.1. The molecule has 0 N–H and O–H groups in total. The van der Waals surface area contributed by atoms with Crippen LogP contribution in [-0.2, 0) is 5.41 Å². The van der Waals surface area contributed by atoms with Gasteiger partial charge >= 0.3 is 0 Å². The van der Waals surface area contributed by atoms with Gasteiger partial charge in [-0.25, -0.2) is 0 Å². The van der Waals surface area contributed by atoms with Crippen LogP contribution in [0.4, 0.5) is 17.1 Å². The smallest absolute Gasteiger partial charge is 0.0540 e. The van der Waals surface area contributed by atoms with Crippen molar-refractivity contribution in [2.75, 3.05) is 4.90 Å². The first-order valence-corrected chi connectivity index (χ1v) is 19.2. The highest BCUT2D eigenvalue weighted by molar-refractivity contribution is 6.04. The summed E-state index contributed by atoms with van der Waals surface area (Å²) in [5.41, 5.74) is 18.1. The predicted octanol–water partition coefficient (Wildman–Crippen LogP) is 14.6. The maximum Gasteiger partial charge on any atom is 0.0540 e. The summed E-state index contributed by atoms with van der Waals surface area (Å²) in [4.78, 5) is 2.39. The van der Waals surface area contributed by atoms with E-state index >= 15 is 0 Å². The van der Waals surface area contributed by atoms with Crippen LogP contribution in [0.1, 0.15) is 54.0 Å². The molecule has 0 aromatic heterocycles. The minimum atomic E-state index is -0.147. The molecule has 0 aliphatic heterocycles. The van der Waals surface area contributed by atoms with Crippen molar-refractivity contribution in [3.8, 4) is 33.4 Å². The van der Waals surface area contributed by atoms with Gasteiger partial charge in [0.05, 0.1) is 5.69 Å². The molecule has 0 saturated heterocycles. The molecule has 0 spiro atoms. The second kappa shape index (κ2) is 11.8. The fourth-order valence-corrected chi connectivity index (χ4v) is 9.62. The van der Waals surface area contributed by atoms with Crippen LogP contribution in [0.2, 0.25) is 0 Å². The number of allylic oxidation sites excluding steroid dienone is 2. The van der Waals surface area contributed by atoms with Gasteiger partial charge in [-0.15, -0.1) is 0 Å². The number of fused-ring (bicyclic) bond motifs is 4. The average molecular weight is 690 g/mol. The Kier molecular flexibility index (Phi) is 6.79. The Hall–Kier alpha value is -6.44. The fourth-order valence-electron chi connectivity index (χ4n) is 9.62. The third-order valence-electron chi connectivity index (χ3n) is 12.3. The van der Waals surface area contributed by atoms with Crippen LogP contribution in [0.25, 0.3) is 67.1 Å². The molecule has 0 fully saturated rings. The first-order valence-electron chi connectivity index (χ1n) is 19.2. The lowest BCUT2D eigenvalue weighted by molar-refractivity contribution is 0.661. The van der Waals surface area contributed by atoms with Crippen molar-refractivity contribution in [3.05, 3.63) is 198 Å². The molecule has 3 aliphatic rings. The zero-order valence-corrected chi connectivity index (χ0v) is 30.6. The van der Waals surface area contributed by atoms with E-state index in [0.717, 1.165) is 17.8 Å². The van der Waals surface area contributed by atoms with E-state index in [4.69, 9.17) is 0 Å². The summed E-state index contributed by atoms with van der Waals surface area (Å²) in [5, 5.41) is 5.24. The molecule has 256 valence electrons. The van der Waals surface area contributed by atoms with E-state index in [1.165, 1.54) is 88.4 Å². The Bertz CT molecular complexity index is 2880. The van der Waals surface area contributed by atoms with E-state index in [0.29, 0.717) is 5.92 Å². The second-order valence-electron chi connectivity index (χ2n) is 15.7. The van der Waals surface area contributed by atoms with Gasteiger partial charge in [-0.1, -0.05) is 153 Å². The number of para-hydroxylation sites is 1. The van der Waals surface area contributed by atoms with Gasteiger partial charge in [-0.3, -0.25) is 0 Å². The average Bonchev–Trinajstić information content (AvgIpc) is 3.45. The Morgan fingerprint density at radius 3 is 2.09 bits per heavy atom. The molecule has 1 nitrogen and oxygen atoms in total. The Balaban J connectivity index is 0.992. The molecule has 11 rings (SSSR count). The van der Waals surface area contributed by atoms with E-state index in [1.54, 1.807) is 0 Å². The third-order valence-corrected chi connectivity index (χ3v) is 12.3. The summed E-state index contributed by atoms with van der Waals surface area (Å²) in [6.07, 6.45) is 10.5. The minimum Gasteiger partial charge on any atom is -0.310 e. The number of hydrogen-bond acceptors (Lipinski definition) is 1. The monoisotopic (exact) mass is 689 g/mol. The minimum absolute atomic E-state index is 0.147. The molecular formula is C53H39N. The molecule has 0 amide bonds. The second-order valence-corrected chi connectivity index (χ2v) is 15.7. The molecule has 0 saturated carbocycles. The van der Waals surface area contributed by atoms with Crippen LogP contribution in [0.15, 0.2) is 170 Å². The number of hydrogen-bond donors (Lipinski definition) is 0. The Labute approximate surface area is 317 Å². The highest BCUT2D eigenvalue weighted by Crippen LogP contribution is 2.52. The van der Waals surface area contributed by atoms with Gasteiger partial charge in [0.2, 0.25) is 0 Å². The zero-order chi connectivity index (χ0) is 36.0. The van der Waals surface area contributed by atoms with Gasteiger partial charge in [0.25, 0.3) is 0 Å². The van der Waals surface area contributed by atoms with Gasteiger partial charge in [0, 0.05) is 28.1 Å². The van der Waals surface area contributed by atoms with Crippen molar-refractivity contribution in [2.45, 2.75) is 31.6 Å². The molecule has 3 aliphatic carbocycles. The molecule has 0 heterocycles. The predicted molar refractivity (Wildman–Crippen MR) is 230 cm³/mol. The molecule has 0 bridgehead atoms. The SMILES string of the molecule is CC1(C)c2cc(-c3cccc(N(c4ccccc4)c4cccc5ccccc45)c3)ccc2-c2ccc(-c3ccc4ccc5c6c4c3C=CC6CC=C5)cc21. The quantitative estimate of drug-likeness (QED) is 0.174. The zero-order valence-electron chi connectivity index (χ0n) is 30.6. The summed E-state index contributed by atoms with van der Waals surface area (Å²) in [7, 11) is 0. The van der Waals surface area contributed by atoms with Crippen LogP contribution >= 0.6 is 0 Å². The summed E-state index contributed by atoms with van der Waals surface area (Å²) in [6.45, 7) is 4.80. The first-order chi connectivity index (χ1) is 26.5. The van der Waals surface area contributed by atoms with Crippen LogP contribution in [0, 0.1) is 0 Å². The van der Waals surface area contributed by atoms with Crippen molar-refractivity contribution in [3.63, 3.8) is 0 Å². The maximum atomic E-state index is 2.48. The normalized spacial score (nSPS) is 15.7. The van der Waals surface area contributed by atoms with E-state index < -0.39 is 0 Å². The lowest BCUT2D eigenvalue weighted by Crippen LogP contribution is -2.15. The van der Waals surface area contributed by atoms with E-state index in [9.17, 15) is 0 Å². The fraction of sp³-hybridized carbons (Fsp3) is 0.0943. The van der Waals surface area contributed by atoms with E-state index in [-0.39, 0.29) is 5.41 Å². The summed E-state index contributed by atoms with van der Waals surface area (Å²) in [6, 6.07) is 58.6. The van der Waals surface area contributed by atoms with Gasteiger partial charge in [0.15, 0.2) is 0 Å². The number of nitrogens with zero attached hydrogens (tertiary/aromatic N) is 1. The van der Waals surface area contributed by atoms with E-state index in [1.807, 2.05) is 0 Å². The maximum absolute atomic E-state index is 2.48. The summed E-state index contributed by atoms with van der Waals surface area (Å²) >= 11 is 0. The summed E-state index contributed by atoms with van der Waals surface area (Å²) in [5.74, 6) is 0.472. The van der Waals surface area contributed by atoms with Crippen LogP contribution < -0.4 is 4.90 Å². The van der Waals surface area contributed by atoms with E-state index in [2.05, 4.69) is 201 Å². The number of rotatable bonds is 5. The van der Waals surface area contributed by atoms with Gasteiger partial charge in [-0.2, -0.15) is 0 Å². The number of anilines is 3. The van der Waals surface area contributed by atoms with Crippen molar-refractivity contribution in [1.29, 1.82) is 0 Å². The van der Waals surface area contributed by atoms with Crippen molar-refractivity contribution in [2.24, 2.45) is 0 Å². The Morgan fingerprint density at radius 1 is 0.537 bits per heavy atom. The van der Waals surface area contributed by atoms with Crippen molar-refractivity contribution in [1.82, 2.24) is 0 Å². The van der Waals surface area contributed by atoms with Gasteiger partial charge in [-0.05, 0) is 126 Å². The molecule has 1 unspecified atom stereocenters. The Morgan fingerprint density at radius 2 is 1.22 bits per heavy atom. The van der Waals surface area contributed by atoms with Gasteiger partial charge < -0.3 is 4.90 Å². The number of benzene rings is 8. The van der Waals surface area contributed by atoms with Crippen LogP contribution in [0.5, 0.6) is 0 Å². The summed E-state index contributed by atoms with van der Waals surface area (Å²) < 4.78 is 0. The molecule has 8 aromatic rings. The van der Waals surface area contributed by atoms with Crippen LogP contribution in [-0.4, -0.2) is 0 Å².